The molecule has 0 aliphatic carbocycles. The number of hydrogen-bond donors (Lipinski definition) is 0. The molecular weight excluding hydrogens is 328 g/mol. The van der Waals surface area contributed by atoms with Gasteiger partial charge in [-0.25, -0.2) is 8.42 Å². The summed E-state index contributed by atoms with van der Waals surface area (Å²) in [5, 5.41) is 0. The van der Waals surface area contributed by atoms with Crippen molar-refractivity contribution >= 4 is 26.0 Å². The molecule has 0 heterocycles. The Labute approximate surface area is 124 Å². The number of likely N-dealkylation sites (N-methyl/N-ethyl adjacent to an activating group) is 2. The van der Waals surface area contributed by atoms with Crippen molar-refractivity contribution in [1.82, 2.24) is 9.21 Å². The van der Waals surface area contributed by atoms with Crippen LogP contribution in [0.25, 0.3) is 0 Å². The van der Waals surface area contributed by atoms with Crippen LogP contribution in [-0.4, -0.2) is 50.8 Å². The van der Waals surface area contributed by atoms with Crippen molar-refractivity contribution in [3.8, 4) is 0 Å². The van der Waals surface area contributed by atoms with Crippen molar-refractivity contribution < 1.29 is 8.42 Å². The minimum Gasteiger partial charge on any atom is -0.308 e. The Morgan fingerprint density at radius 3 is 2.42 bits per heavy atom. The van der Waals surface area contributed by atoms with Crippen LogP contribution in [0.3, 0.4) is 0 Å². The van der Waals surface area contributed by atoms with Crippen LogP contribution in [0.1, 0.15) is 13.8 Å². The van der Waals surface area contributed by atoms with Crippen LogP contribution in [0.2, 0.25) is 0 Å². The van der Waals surface area contributed by atoms with Crippen LogP contribution in [0.15, 0.2) is 33.6 Å². The molecule has 0 bridgehead atoms. The summed E-state index contributed by atoms with van der Waals surface area (Å²) in [4.78, 5) is 2.32. The summed E-state index contributed by atoms with van der Waals surface area (Å²) in [6.07, 6.45) is 0. The van der Waals surface area contributed by atoms with Crippen molar-refractivity contribution in [1.29, 1.82) is 0 Å². The number of rotatable bonds is 6. The summed E-state index contributed by atoms with van der Waals surface area (Å²) in [7, 11) is 0.439. The fourth-order valence-electron chi connectivity index (χ4n) is 2.10. The minimum absolute atomic E-state index is 0.0658. The monoisotopic (exact) mass is 348 g/mol. The molecule has 1 aromatic carbocycles. The molecule has 19 heavy (non-hydrogen) atoms. The summed E-state index contributed by atoms with van der Waals surface area (Å²) in [6, 6.07) is 6.76. The first kappa shape index (κ1) is 16.6. The van der Waals surface area contributed by atoms with Crippen LogP contribution >= 0.6 is 15.9 Å². The third kappa shape index (κ3) is 4.27. The Morgan fingerprint density at radius 1 is 1.32 bits per heavy atom. The molecule has 0 aliphatic heterocycles. The smallest absolute Gasteiger partial charge is 0.243 e. The van der Waals surface area contributed by atoms with Gasteiger partial charge in [-0.15, -0.1) is 0 Å². The van der Waals surface area contributed by atoms with Crippen molar-refractivity contribution in [2.45, 2.75) is 24.8 Å². The van der Waals surface area contributed by atoms with Gasteiger partial charge in [-0.2, -0.15) is 4.31 Å². The lowest BCUT2D eigenvalue weighted by Crippen LogP contribution is -2.43. The molecule has 0 amide bonds. The SMILES string of the molecule is CCN(C(C)CN(C)C)S(=O)(=O)c1cccc(Br)c1. The predicted octanol–water partition coefficient (Wildman–Crippen LogP) is 2.41. The molecule has 0 radical (unpaired) electrons. The van der Waals surface area contributed by atoms with E-state index in [9.17, 15) is 8.42 Å². The van der Waals surface area contributed by atoms with Gasteiger partial charge in [0.05, 0.1) is 4.90 Å². The Kier molecular flexibility index (Phi) is 5.98. The molecule has 6 heteroatoms. The van der Waals surface area contributed by atoms with E-state index in [0.29, 0.717) is 18.0 Å². The quantitative estimate of drug-likeness (QED) is 0.792. The van der Waals surface area contributed by atoms with Crippen LogP contribution in [0, 0.1) is 0 Å². The van der Waals surface area contributed by atoms with Gasteiger partial charge in [0, 0.05) is 23.6 Å². The molecule has 4 nitrogen and oxygen atoms in total. The van der Waals surface area contributed by atoms with E-state index in [1.54, 1.807) is 18.2 Å². The van der Waals surface area contributed by atoms with Crippen LogP contribution < -0.4 is 0 Å². The second-order valence-corrected chi connectivity index (χ2v) is 7.58. The van der Waals surface area contributed by atoms with Gasteiger partial charge in [0.15, 0.2) is 0 Å². The summed E-state index contributed by atoms with van der Waals surface area (Å²) in [6.45, 7) is 4.95. The maximum Gasteiger partial charge on any atom is 0.243 e. The second-order valence-electron chi connectivity index (χ2n) is 4.78. The van der Waals surface area contributed by atoms with E-state index < -0.39 is 10.0 Å². The summed E-state index contributed by atoms with van der Waals surface area (Å²) >= 11 is 3.31. The van der Waals surface area contributed by atoms with Gasteiger partial charge < -0.3 is 4.90 Å². The number of benzene rings is 1. The average Bonchev–Trinajstić information content (AvgIpc) is 2.28. The normalized spacial score (nSPS) is 14.1. The molecule has 0 spiro atoms. The Bertz CT molecular complexity index is 517. The zero-order valence-corrected chi connectivity index (χ0v) is 14.2. The Hall–Kier alpha value is -0.430. The second kappa shape index (κ2) is 6.83. The first-order chi connectivity index (χ1) is 8.78. The highest BCUT2D eigenvalue weighted by Gasteiger charge is 2.27. The Morgan fingerprint density at radius 2 is 1.95 bits per heavy atom. The van der Waals surface area contributed by atoms with Crippen LogP contribution in [0.5, 0.6) is 0 Å². The summed E-state index contributed by atoms with van der Waals surface area (Å²) in [5.74, 6) is 0. The molecule has 1 aromatic rings. The first-order valence-corrected chi connectivity index (χ1v) is 8.44. The van der Waals surface area contributed by atoms with E-state index in [-0.39, 0.29) is 6.04 Å². The molecule has 0 saturated heterocycles. The molecule has 1 rings (SSSR count). The fraction of sp³-hybridized carbons (Fsp3) is 0.538. The van der Waals surface area contributed by atoms with Crippen molar-refractivity contribution in [2.75, 3.05) is 27.2 Å². The standard InChI is InChI=1S/C13H21BrN2O2S/c1-5-16(11(2)10-15(3)4)19(17,18)13-8-6-7-12(14)9-13/h6-9,11H,5,10H2,1-4H3. The van der Waals surface area contributed by atoms with Crippen molar-refractivity contribution in [3.63, 3.8) is 0 Å². The minimum atomic E-state index is -3.44. The molecule has 0 fully saturated rings. The number of halogens is 1. The van der Waals surface area contributed by atoms with Gasteiger partial charge >= 0.3 is 0 Å². The molecule has 0 aromatic heterocycles. The van der Waals surface area contributed by atoms with Gasteiger partial charge in [-0.05, 0) is 39.2 Å². The molecule has 1 atom stereocenters. The van der Waals surface area contributed by atoms with E-state index in [4.69, 9.17) is 0 Å². The molecule has 0 aliphatic rings. The number of sulfonamides is 1. The van der Waals surface area contributed by atoms with E-state index >= 15 is 0 Å². The van der Waals surface area contributed by atoms with Crippen LogP contribution in [0.4, 0.5) is 0 Å². The van der Waals surface area contributed by atoms with E-state index in [1.165, 1.54) is 4.31 Å². The number of nitrogens with zero attached hydrogens (tertiary/aromatic N) is 2. The topological polar surface area (TPSA) is 40.6 Å². The molecular formula is C13H21BrN2O2S. The maximum atomic E-state index is 12.6. The van der Waals surface area contributed by atoms with Gasteiger partial charge in [-0.3, -0.25) is 0 Å². The third-order valence-electron chi connectivity index (χ3n) is 2.84. The molecule has 108 valence electrons. The highest BCUT2D eigenvalue weighted by atomic mass is 79.9. The largest absolute Gasteiger partial charge is 0.308 e. The van der Waals surface area contributed by atoms with Gasteiger partial charge in [0.1, 0.15) is 0 Å². The lowest BCUT2D eigenvalue weighted by Gasteiger charge is -2.29. The number of hydrogen-bond acceptors (Lipinski definition) is 3. The summed E-state index contributed by atoms with van der Waals surface area (Å²) in [5.41, 5.74) is 0. The highest BCUT2D eigenvalue weighted by Crippen LogP contribution is 2.21. The van der Waals surface area contributed by atoms with E-state index in [1.807, 2.05) is 38.9 Å². The van der Waals surface area contributed by atoms with Gasteiger partial charge in [0.2, 0.25) is 10.0 Å². The van der Waals surface area contributed by atoms with E-state index in [0.717, 1.165) is 4.47 Å². The Balaban J connectivity index is 3.09. The zero-order valence-electron chi connectivity index (χ0n) is 11.8. The van der Waals surface area contributed by atoms with Crippen molar-refractivity contribution in [3.05, 3.63) is 28.7 Å². The zero-order chi connectivity index (χ0) is 14.6. The third-order valence-corrected chi connectivity index (χ3v) is 5.41. The fourth-order valence-corrected chi connectivity index (χ4v) is 4.33. The van der Waals surface area contributed by atoms with Crippen molar-refractivity contribution in [2.24, 2.45) is 0 Å². The predicted molar refractivity (Wildman–Crippen MR) is 81.7 cm³/mol. The maximum absolute atomic E-state index is 12.6. The molecule has 1 unspecified atom stereocenters. The molecule has 0 saturated carbocycles. The average molecular weight is 349 g/mol. The van der Waals surface area contributed by atoms with Crippen LogP contribution in [-0.2, 0) is 10.0 Å². The first-order valence-electron chi connectivity index (χ1n) is 6.21. The molecule has 0 N–H and O–H groups in total. The lowest BCUT2D eigenvalue weighted by atomic mass is 10.3. The highest BCUT2D eigenvalue weighted by molar-refractivity contribution is 9.10. The summed E-state index contributed by atoms with van der Waals surface area (Å²) < 4.78 is 27.6. The lowest BCUT2D eigenvalue weighted by molar-refractivity contribution is 0.271. The van der Waals surface area contributed by atoms with Gasteiger partial charge in [0.25, 0.3) is 0 Å². The van der Waals surface area contributed by atoms with E-state index in [2.05, 4.69) is 15.9 Å². The van der Waals surface area contributed by atoms with Gasteiger partial charge in [-0.1, -0.05) is 28.9 Å².